The molecule has 0 atom stereocenters. The lowest BCUT2D eigenvalue weighted by Gasteiger charge is -2.20. The number of allylic oxidation sites excluding steroid dienone is 3. The molecule has 102 valence electrons. The van der Waals surface area contributed by atoms with Crippen molar-refractivity contribution >= 4 is 17.5 Å². The fourth-order valence-electron chi connectivity index (χ4n) is 2.53. The van der Waals surface area contributed by atoms with Crippen LogP contribution in [0, 0.1) is 0 Å². The Morgan fingerprint density at radius 1 is 0.900 bits per heavy atom. The first-order chi connectivity index (χ1) is 9.75. The minimum atomic E-state index is -0.582. The fraction of sp³-hybridized carbons (Fsp3) is 0.250. The molecule has 0 radical (unpaired) electrons. The first kappa shape index (κ1) is 12.7. The lowest BCUT2D eigenvalue weighted by molar-refractivity contribution is -0.172. The third kappa shape index (κ3) is 2.37. The van der Waals surface area contributed by atoms with Gasteiger partial charge in [-0.25, -0.2) is 9.59 Å². The second-order valence-electron chi connectivity index (χ2n) is 4.77. The van der Waals surface area contributed by atoms with Gasteiger partial charge in [0.05, 0.1) is 0 Å². The van der Waals surface area contributed by atoms with E-state index in [1.807, 2.05) is 36.4 Å². The zero-order valence-corrected chi connectivity index (χ0v) is 10.9. The predicted molar refractivity (Wildman–Crippen MR) is 72.3 cm³/mol. The average Bonchev–Trinajstić information content (AvgIpc) is 2.48. The van der Waals surface area contributed by atoms with E-state index in [2.05, 4.69) is 0 Å². The first-order valence-electron chi connectivity index (χ1n) is 6.59. The summed E-state index contributed by atoms with van der Waals surface area (Å²) in [4.78, 5) is 23.5. The summed E-state index contributed by atoms with van der Waals surface area (Å²) in [7, 11) is 0. The van der Waals surface area contributed by atoms with Crippen LogP contribution in [0.5, 0.6) is 0 Å². The Morgan fingerprint density at radius 3 is 2.30 bits per heavy atom. The molecule has 1 saturated heterocycles. The second kappa shape index (κ2) is 5.33. The fourth-order valence-corrected chi connectivity index (χ4v) is 2.53. The SMILES string of the molecule is O=C1OCOC(=O)C1=C1C=C(c2ccccc2)CCC1. The smallest absolute Gasteiger partial charge is 0.348 e. The number of hydrogen-bond donors (Lipinski definition) is 0. The summed E-state index contributed by atoms with van der Waals surface area (Å²) < 4.78 is 9.57. The summed E-state index contributed by atoms with van der Waals surface area (Å²) in [5.41, 5.74) is 3.00. The van der Waals surface area contributed by atoms with Crippen molar-refractivity contribution in [3.63, 3.8) is 0 Å². The van der Waals surface area contributed by atoms with Crippen molar-refractivity contribution in [2.45, 2.75) is 19.3 Å². The summed E-state index contributed by atoms with van der Waals surface area (Å²) in [6.45, 7) is -0.288. The molecule has 1 aromatic carbocycles. The van der Waals surface area contributed by atoms with E-state index in [9.17, 15) is 9.59 Å². The zero-order valence-electron chi connectivity index (χ0n) is 10.9. The van der Waals surface area contributed by atoms with Crippen LogP contribution >= 0.6 is 0 Å². The summed E-state index contributed by atoms with van der Waals surface area (Å²) in [5, 5.41) is 0. The monoisotopic (exact) mass is 270 g/mol. The van der Waals surface area contributed by atoms with E-state index in [0.717, 1.165) is 24.0 Å². The molecule has 1 aromatic rings. The van der Waals surface area contributed by atoms with Gasteiger partial charge in [-0.1, -0.05) is 36.4 Å². The van der Waals surface area contributed by atoms with Crippen molar-refractivity contribution in [3.8, 4) is 0 Å². The average molecular weight is 270 g/mol. The van der Waals surface area contributed by atoms with Gasteiger partial charge in [-0.05, 0) is 36.0 Å². The zero-order chi connectivity index (χ0) is 13.9. The van der Waals surface area contributed by atoms with Crippen molar-refractivity contribution in [1.82, 2.24) is 0 Å². The van der Waals surface area contributed by atoms with Gasteiger partial charge in [0, 0.05) is 0 Å². The molecule has 3 rings (SSSR count). The van der Waals surface area contributed by atoms with Crippen LogP contribution in [-0.4, -0.2) is 18.7 Å². The van der Waals surface area contributed by atoms with E-state index in [-0.39, 0.29) is 12.4 Å². The number of esters is 2. The highest BCUT2D eigenvalue weighted by Crippen LogP contribution is 2.32. The van der Waals surface area contributed by atoms with Crippen molar-refractivity contribution in [1.29, 1.82) is 0 Å². The maximum Gasteiger partial charge on any atom is 0.348 e. The number of carbonyl (C=O) groups is 2. The van der Waals surface area contributed by atoms with Crippen LogP contribution < -0.4 is 0 Å². The van der Waals surface area contributed by atoms with Crippen LogP contribution in [0.4, 0.5) is 0 Å². The Hall–Kier alpha value is -2.36. The van der Waals surface area contributed by atoms with Gasteiger partial charge in [0.2, 0.25) is 6.79 Å². The lowest BCUT2D eigenvalue weighted by Crippen LogP contribution is -2.28. The quantitative estimate of drug-likeness (QED) is 0.447. The lowest BCUT2D eigenvalue weighted by atomic mass is 9.88. The Bertz CT molecular complexity index is 593. The molecule has 1 aliphatic heterocycles. The molecule has 4 nitrogen and oxygen atoms in total. The van der Waals surface area contributed by atoms with Gasteiger partial charge in [-0.2, -0.15) is 0 Å². The van der Waals surface area contributed by atoms with Gasteiger partial charge >= 0.3 is 11.9 Å². The maximum atomic E-state index is 11.7. The van der Waals surface area contributed by atoms with Gasteiger partial charge in [0.1, 0.15) is 5.57 Å². The van der Waals surface area contributed by atoms with E-state index >= 15 is 0 Å². The highest BCUT2D eigenvalue weighted by molar-refractivity contribution is 6.16. The van der Waals surface area contributed by atoms with Crippen LogP contribution in [0.3, 0.4) is 0 Å². The van der Waals surface area contributed by atoms with Crippen LogP contribution in [0.2, 0.25) is 0 Å². The number of ether oxygens (including phenoxy) is 2. The third-order valence-corrected chi connectivity index (χ3v) is 3.49. The summed E-state index contributed by atoms with van der Waals surface area (Å²) in [5.74, 6) is -1.16. The largest absolute Gasteiger partial charge is 0.424 e. The molecule has 20 heavy (non-hydrogen) atoms. The topological polar surface area (TPSA) is 52.6 Å². The summed E-state index contributed by atoms with van der Waals surface area (Å²) >= 11 is 0. The minimum absolute atomic E-state index is 0.0457. The molecular formula is C16H14O4. The first-order valence-corrected chi connectivity index (χ1v) is 6.59. The molecule has 0 saturated carbocycles. The summed E-state index contributed by atoms with van der Waals surface area (Å²) in [6.07, 6.45) is 4.45. The van der Waals surface area contributed by atoms with Crippen LogP contribution in [0.1, 0.15) is 24.8 Å². The van der Waals surface area contributed by atoms with Gasteiger partial charge in [-0.3, -0.25) is 0 Å². The third-order valence-electron chi connectivity index (χ3n) is 3.49. The van der Waals surface area contributed by atoms with E-state index in [1.54, 1.807) is 0 Å². The number of hydrogen-bond acceptors (Lipinski definition) is 4. The standard InChI is InChI=1S/C16H14O4/c17-15-14(16(18)20-10-19-15)13-8-4-7-12(9-13)11-5-2-1-3-6-11/h1-3,5-6,9H,4,7-8,10H2. The maximum absolute atomic E-state index is 11.7. The molecule has 1 aliphatic carbocycles. The highest BCUT2D eigenvalue weighted by Gasteiger charge is 2.30. The number of cyclic esters (lactones) is 2. The molecule has 0 N–H and O–H groups in total. The molecular weight excluding hydrogens is 256 g/mol. The van der Waals surface area contributed by atoms with E-state index < -0.39 is 11.9 Å². The van der Waals surface area contributed by atoms with Crippen molar-refractivity contribution < 1.29 is 19.1 Å². The van der Waals surface area contributed by atoms with Crippen LogP contribution in [0.25, 0.3) is 5.57 Å². The highest BCUT2D eigenvalue weighted by atomic mass is 16.7. The second-order valence-corrected chi connectivity index (χ2v) is 4.77. The Kier molecular flexibility index (Phi) is 3.37. The summed E-state index contributed by atoms with van der Waals surface area (Å²) in [6, 6.07) is 9.96. The van der Waals surface area contributed by atoms with Gasteiger partial charge in [-0.15, -0.1) is 0 Å². The molecule has 0 amide bonds. The Labute approximate surface area is 116 Å². The van der Waals surface area contributed by atoms with Crippen molar-refractivity contribution in [2.24, 2.45) is 0 Å². The van der Waals surface area contributed by atoms with E-state index in [1.165, 1.54) is 0 Å². The molecule has 2 aliphatic rings. The van der Waals surface area contributed by atoms with Crippen molar-refractivity contribution in [2.75, 3.05) is 6.79 Å². The van der Waals surface area contributed by atoms with Crippen LogP contribution in [-0.2, 0) is 19.1 Å². The van der Waals surface area contributed by atoms with Gasteiger partial charge in [0.25, 0.3) is 0 Å². The van der Waals surface area contributed by atoms with Gasteiger partial charge in [0.15, 0.2) is 0 Å². The van der Waals surface area contributed by atoms with Crippen molar-refractivity contribution in [3.05, 3.63) is 53.1 Å². The molecule has 0 spiro atoms. The van der Waals surface area contributed by atoms with Crippen LogP contribution in [0.15, 0.2) is 47.6 Å². The van der Waals surface area contributed by atoms with E-state index in [0.29, 0.717) is 12.0 Å². The molecule has 1 heterocycles. The minimum Gasteiger partial charge on any atom is -0.424 e. The number of carbonyl (C=O) groups excluding carboxylic acids is 2. The Balaban J connectivity index is 2.02. The van der Waals surface area contributed by atoms with E-state index in [4.69, 9.17) is 9.47 Å². The molecule has 4 heteroatoms. The number of benzene rings is 1. The normalized spacial score (nSPS) is 19.3. The predicted octanol–water partition coefficient (Wildman–Crippen LogP) is 2.61. The molecule has 0 aromatic heterocycles. The molecule has 1 fully saturated rings. The molecule has 0 unspecified atom stereocenters. The number of rotatable bonds is 1. The Morgan fingerprint density at radius 2 is 1.60 bits per heavy atom. The molecule has 0 bridgehead atoms. The van der Waals surface area contributed by atoms with Gasteiger partial charge < -0.3 is 9.47 Å².